The molecule has 1 aromatic heterocycles. The summed E-state index contributed by atoms with van der Waals surface area (Å²) in [5.41, 5.74) is 2.55. The second-order valence-electron chi connectivity index (χ2n) is 8.32. The molecule has 2 N–H and O–H groups in total. The maximum absolute atomic E-state index is 14.3. The zero-order valence-corrected chi connectivity index (χ0v) is 19.3. The molecule has 0 aliphatic heterocycles. The maximum atomic E-state index is 14.3. The van der Waals surface area contributed by atoms with Crippen molar-refractivity contribution in [2.24, 2.45) is 5.92 Å². The largest absolute Gasteiger partial charge is 0.490 e. The van der Waals surface area contributed by atoms with E-state index in [0.29, 0.717) is 28.4 Å². The summed E-state index contributed by atoms with van der Waals surface area (Å²) < 4.78 is 19.9. The lowest BCUT2D eigenvalue weighted by Crippen LogP contribution is -2.33. The van der Waals surface area contributed by atoms with Crippen molar-refractivity contribution in [3.8, 4) is 16.3 Å². The molecular formula is C24H26FN3O4S. The van der Waals surface area contributed by atoms with Gasteiger partial charge in [-0.05, 0) is 68.0 Å². The quantitative estimate of drug-likeness (QED) is 0.494. The van der Waals surface area contributed by atoms with E-state index in [-0.39, 0.29) is 18.8 Å². The minimum absolute atomic E-state index is 0.00519. The molecule has 1 heterocycles. The number of aliphatic hydroxyl groups is 2. The minimum Gasteiger partial charge on any atom is -0.490 e. The predicted molar refractivity (Wildman–Crippen MR) is 124 cm³/mol. The van der Waals surface area contributed by atoms with Crippen molar-refractivity contribution in [1.82, 2.24) is 10.2 Å². The number of ether oxygens (including phenoxy) is 1. The number of aliphatic hydroxyl groups excluding tert-OH is 2. The van der Waals surface area contributed by atoms with Crippen molar-refractivity contribution in [3.05, 3.63) is 58.9 Å². The third-order valence-corrected chi connectivity index (χ3v) is 6.47. The number of rotatable bonds is 9. The highest BCUT2D eigenvalue weighted by Gasteiger charge is 2.31. The molecule has 0 saturated heterocycles. The number of halogens is 1. The van der Waals surface area contributed by atoms with E-state index in [2.05, 4.69) is 10.2 Å². The molecule has 0 spiro atoms. The number of amides is 1. The summed E-state index contributed by atoms with van der Waals surface area (Å²) in [6.45, 7) is 3.89. The normalized spacial score (nSPS) is 14.2. The molecule has 33 heavy (non-hydrogen) atoms. The van der Waals surface area contributed by atoms with Crippen LogP contribution in [0.2, 0.25) is 0 Å². The summed E-state index contributed by atoms with van der Waals surface area (Å²) in [7, 11) is 0. The Kier molecular flexibility index (Phi) is 7.02. The standard InChI is InChI=1S/C24H26FN3O4S/c1-14-9-17(10-15(2)21(14)32-13-18(30)12-29)22-26-27-24(33-22)28(11-16-7-8-16)23(31)19-5-3-4-6-20(19)25/h3-6,9-10,16,18,29-30H,7-8,11-13H2,1-2H3/t18-/m1/s1. The number of aryl methyl sites for hydroxylation is 2. The summed E-state index contributed by atoms with van der Waals surface area (Å²) in [5, 5.41) is 28.2. The Morgan fingerprint density at radius 1 is 1.24 bits per heavy atom. The highest BCUT2D eigenvalue weighted by Crippen LogP contribution is 2.37. The molecule has 1 aliphatic carbocycles. The fourth-order valence-corrected chi connectivity index (χ4v) is 4.40. The average Bonchev–Trinajstić information content (AvgIpc) is 3.49. The topological polar surface area (TPSA) is 95.8 Å². The minimum atomic E-state index is -0.946. The van der Waals surface area contributed by atoms with Crippen molar-refractivity contribution < 1.29 is 24.1 Å². The van der Waals surface area contributed by atoms with Gasteiger partial charge in [0.25, 0.3) is 5.91 Å². The summed E-state index contributed by atoms with van der Waals surface area (Å²) in [4.78, 5) is 14.7. The predicted octanol–water partition coefficient (Wildman–Crippen LogP) is 3.75. The Morgan fingerprint density at radius 2 is 1.94 bits per heavy atom. The van der Waals surface area contributed by atoms with Gasteiger partial charge in [0.1, 0.15) is 29.3 Å². The molecule has 1 aliphatic rings. The molecule has 1 amide bonds. The van der Waals surface area contributed by atoms with Crippen molar-refractivity contribution in [1.29, 1.82) is 0 Å². The summed E-state index contributed by atoms with van der Waals surface area (Å²) in [6, 6.07) is 9.78. The van der Waals surface area contributed by atoms with E-state index in [1.54, 1.807) is 12.1 Å². The molecule has 1 atom stereocenters. The number of nitrogens with zero attached hydrogens (tertiary/aromatic N) is 3. The Balaban J connectivity index is 1.60. The van der Waals surface area contributed by atoms with E-state index < -0.39 is 17.8 Å². The SMILES string of the molecule is Cc1cc(-c2nnc(N(CC3CC3)C(=O)c3ccccc3F)s2)cc(C)c1OC[C@H](O)CO. The van der Waals surface area contributed by atoms with Gasteiger partial charge in [0.2, 0.25) is 5.13 Å². The van der Waals surface area contributed by atoms with Crippen LogP contribution in [0.1, 0.15) is 34.3 Å². The van der Waals surface area contributed by atoms with E-state index in [1.165, 1.54) is 28.4 Å². The van der Waals surface area contributed by atoms with Crippen molar-refractivity contribution in [3.63, 3.8) is 0 Å². The molecule has 9 heteroatoms. The van der Waals surface area contributed by atoms with Gasteiger partial charge in [-0.3, -0.25) is 9.69 Å². The van der Waals surface area contributed by atoms with Crippen LogP contribution < -0.4 is 9.64 Å². The molecule has 0 unspecified atom stereocenters. The summed E-state index contributed by atoms with van der Waals surface area (Å²) in [6.07, 6.45) is 1.13. The Bertz CT molecular complexity index is 1130. The van der Waals surface area contributed by atoms with Gasteiger partial charge in [-0.1, -0.05) is 23.5 Å². The van der Waals surface area contributed by atoms with Crippen LogP contribution in [0.25, 0.3) is 10.6 Å². The number of aromatic nitrogens is 2. The first kappa shape index (κ1) is 23.3. The van der Waals surface area contributed by atoms with Crippen LogP contribution in [-0.4, -0.2) is 52.2 Å². The van der Waals surface area contributed by atoms with Gasteiger partial charge in [-0.15, -0.1) is 10.2 Å². The molecule has 3 aromatic rings. The van der Waals surface area contributed by atoms with E-state index in [0.717, 1.165) is 29.5 Å². The van der Waals surface area contributed by atoms with Gasteiger partial charge in [0.05, 0.1) is 12.2 Å². The number of hydrogen-bond donors (Lipinski definition) is 2. The summed E-state index contributed by atoms with van der Waals surface area (Å²) >= 11 is 1.28. The third kappa shape index (κ3) is 5.38. The lowest BCUT2D eigenvalue weighted by atomic mass is 10.1. The van der Waals surface area contributed by atoms with Crippen LogP contribution in [-0.2, 0) is 0 Å². The van der Waals surface area contributed by atoms with E-state index >= 15 is 0 Å². The van der Waals surface area contributed by atoms with Crippen molar-refractivity contribution in [2.45, 2.75) is 32.8 Å². The average molecular weight is 472 g/mol. The van der Waals surface area contributed by atoms with Gasteiger partial charge >= 0.3 is 0 Å². The van der Waals surface area contributed by atoms with Gasteiger partial charge in [0, 0.05) is 12.1 Å². The van der Waals surface area contributed by atoms with Gasteiger partial charge < -0.3 is 14.9 Å². The van der Waals surface area contributed by atoms with Gasteiger partial charge in [-0.25, -0.2) is 4.39 Å². The zero-order chi connectivity index (χ0) is 23.5. The van der Waals surface area contributed by atoms with Gasteiger partial charge in [-0.2, -0.15) is 0 Å². The lowest BCUT2D eigenvalue weighted by Gasteiger charge is -2.19. The van der Waals surface area contributed by atoms with E-state index in [4.69, 9.17) is 9.84 Å². The van der Waals surface area contributed by atoms with Gasteiger partial charge in [0.15, 0.2) is 0 Å². The molecule has 1 fully saturated rings. The first-order chi connectivity index (χ1) is 15.9. The molecule has 174 valence electrons. The third-order valence-electron chi connectivity index (χ3n) is 5.47. The highest BCUT2D eigenvalue weighted by molar-refractivity contribution is 7.18. The molecule has 1 saturated carbocycles. The number of anilines is 1. The second-order valence-corrected chi connectivity index (χ2v) is 9.27. The summed E-state index contributed by atoms with van der Waals surface area (Å²) in [5.74, 6) is 0.0618. The first-order valence-electron chi connectivity index (χ1n) is 10.8. The number of carbonyl (C=O) groups excluding carboxylic acids is 1. The lowest BCUT2D eigenvalue weighted by molar-refractivity contribution is 0.0532. The molecule has 7 nitrogen and oxygen atoms in total. The molecule has 4 rings (SSSR count). The second kappa shape index (κ2) is 9.94. The Morgan fingerprint density at radius 3 is 2.58 bits per heavy atom. The number of hydrogen-bond acceptors (Lipinski definition) is 7. The van der Waals surface area contributed by atoms with E-state index in [9.17, 15) is 14.3 Å². The van der Waals surface area contributed by atoms with Crippen LogP contribution in [0.4, 0.5) is 9.52 Å². The molecule has 2 aromatic carbocycles. The molecule has 0 bridgehead atoms. The van der Waals surface area contributed by atoms with Crippen LogP contribution in [0.3, 0.4) is 0 Å². The Labute approximate surface area is 195 Å². The van der Waals surface area contributed by atoms with Crippen LogP contribution in [0.15, 0.2) is 36.4 Å². The van der Waals surface area contributed by atoms with Crippen LogP contribution >= 0.6 is 11.3 Å². The first-order valence-corrected chi connectivity index (χ1v) is 11.6. The smallest absolute Gasteiger partial charge is 0.263 e. The fourth-order valence-electron chi connectivity index (χ4n) is 3.56. The number of benzene rings is 2. The van der Waals surface area contributed by atoms with Crippen molar-refractivity contribution >= 4 is 22.4 Å². The molecule has 0 radical (unpaired) electrons. The fraction of sp³-hybridized carbons (Fsp3) is 0.375. The van der Waals surface area contributed by atoms with Crippen molar-refractivity contribution in [2.75, 3.05) is 24.7 Å². The zero-order valence-electron chi connectivity index (χ0n) is 18.5. The highest BCUT2D eigenvalue weighted by atomic mass is 32.1. The van der Waals surface area contributed by atoms with Crippen LogP contribution in [0.5, 0.6) is 5.75 Å². The van der Waals surface area contributed by atoms with E-state index in [1.807, 2.05) is 26.0 Å². The van der Waals surface area contributed by atoms with Crippen LogP contribution in [0, 0.1) is 25.6 Å². The number of carbonyl (C=O) groups is 1. The molecular weight excluding hydrogens is 445 g/mol. The monoisotopic (exact) mass is 471 g/mol. The Hall–Kier alpha value is -2.88. The maximum Gasteiger partial charge on any atom is 0.263 e.